The summed E-state index contributed by atoms with van der Waals surface area (Å²) in [6, 6.07) is 11.5. The molecule has 3 nitrogen and oxygen atoms in total. The first kappa shape index (κ1) is 14.2. The molecule has 2 unspecified atom stereocenters. The zero-order chi connectivity index (χ0) is 14.8. The smallest absolute Gasteiger partial charge is 0.161 e. The fraction of sp³-hybridized carbons (Fsp3) is 0.250. The van der Waals surface area contributed by atoms with Crippen LogP contribution in [0.3, 0.4) is 0 Å². The first-order chi connectivity index (χ1) is 10.1. The van der Waals surface area contributed by atoms with Crippen molar-refractivity contribution < 1.29 is 19.0 Å². The molecule has 1 aliphatic heterocycles. The fourth-order valence-corrected chi connectivity index (χ4v) is 2.48. The lowest BCUT2D eigenvalue weighted by atomic mass is 10.0. The van der Waals surface area contributed by atoms with Crippen LogP contribution in [0.1, 0.15) is 5.56 Å². The molecule has 0 spiro atoms. The van der Waals surface area contributed by atoms with Gasteiger partial charge in [-0.3, -0.25) is 0 Å². The van der Waals surface area contributed by atoms with Gasteiger partial charge >= 0.3 is 0 Å². The Morgan fingerprint density at radius 2 is 2.00 bits per heavy atom. The van der Waals surface area contributed by atoms with E-state index in [1.54, 1.807) is 12.1 Å². The molecule has 110 valence electrons. The number of rotatable bonds is 3. The van der Waals surface area contributed by atoms with Crippen molar-refractivity contribution >= 4 is 11.6 Å². The molecule has 3 rings (SSSR count). The van der Waals surface area contributed by atoms with E-state index in [0.29, 0.717) is 22.1 Å². The minimum Gasteiger partial charge on any atom is -0.486 e. The predicted molar refractivity (Wildman–Crippen MR) is 77.5 cm³/mol. The highest BCUT2D eigenvalue weighted by Gasteiger charge is 2.28. The third-order valence-corrected chi connectivity index (χ3v) is 3.63. The van der Waals surface area contributed by atoms with Crippen LogP contribution in [-0.4, -0.2) is 23.9 Å². The van der Waals surface area contributed by atoms with Gasteiger partial charge in [-0.2, -0.15) is 0 Å². The number of para-hydroxylation sites is 2. The van der Waals surface area contributed by atoms with Gasteiger partial charge in [-0.25, -0.2) is 4.39 Å². The molecule has 0 radical (unpaired) electrons. The summed E-state index contributed by atoms with van der Waals surface area (Å²) < 4.78 is 24.9. The number of halogens is 2. The minimum absolute atomic E-state index is 0.114. The van der Waals surface area contributed by atoms with Crippen LogP contribution in [-0.2, 0) is 6.42 Å². The predicted octanol–water partition coefficient (Wildman–Crippen LogP) is 3.22. The lowest BCUT2D eigenvalue weighted by Crippen LogP contribution is -2.40. The standard InChI is InChI=1S/C16H14ClFO3/c17-11-5-6-12(18)10(7-11)8-13(19)16-9-20-14-3-1-2-4-15(14)21-16/h1-7,13,16,19H,8-9H2. The summed E-state index contributed by atoms with van der Waals surface area (Å²) in [5, 5.41) is 10.7. The van der Waals surface area contributed by atoms with Gasteiger partial charge in [-0.15, -0.1) is 0 Å². The normalized spacial score (nSPS) is 18.3. The highest BCUT2D eigenvalue weighted by Crippen LogP contribution is 2.32. The van der Waals surface area contributed by atoms with Crippen LogP contribution in [0.15, 0.2) is 42.5 Å². The molecule has 0 amide bonds. The van der Waals surface area contributed by atoms with Crippen LogP contribution in [0.4, 0.5) is 4.39 Å². The highest BCUT2D eigenvalue weighted by molar-refractivity contribution is 6.30. The molecule has 0 bridgehead atoms. The van der Waals surface area contributed by atoms with Crippen LogP contribution in [0.5, 0.6) is 11.5 Å². The summed E-state index contributed by atoms with van der Waals surface area (Å²) in [6.07, 6.45) is -1.31. The lowest BCUT2D eigenvalue weighted by molar-refractivity contribution is -0.00973. The van der Waals surface area contributed by atoms with Gasteiger partial charge in [0.05, 0.1) is 6.10 Å². The van der Waals surface area contributed by atoms with E-state index in [1.165, 1.54) is 18.2 Å². The molecule has 1 N–H and O–H groups in total. The van der Waals surface area contributed by atoms with Gasteiger partial charge < -0.3 is 14.6 Å². The van der Waals surface area contributed by atoms with E-state index in [2.05, 4.69) is 0 Å². The van der Waals surface area contributed by atoms with Crippen LogP contribution in [0.25, 0.3) is 0 Å². The molecule has 2 aromatic rings. The van der Waals surface area contributed by atoms with Gasteiger partial charge in [0.1, 0.15) is 12.4 Å². The van der Waals surface area contributed by atoms with Crippen LogP contribution < -0.4 is 9.47 Å². The van der Waals surface area contributed by atoms with E-state index in [1.807, 2.05) is 12.1 Å². The van der Waals surface area contributed by atoms with Gasteiger partial charge in [0.2, 0.25) is 0 Å². The number of ether oxygens (including phenoxy) is 2. The Hall–Kier alpha value is -1.78. The van der Waals surface area contributed by atoms with Gasteiger partial charge in [0.15, 0.2) is 17.6 Å². The maximum atomic E-state index is 13.7. The first-order valence-corrected chi connectivity index (χ1v) is 7.02. The molecule has 21 heavy (non-hydrogen) atoms. The Balaban J connectivity index is 1.72. The molecule has 0 fully saturated rings. The fourth-order valence-electron chi connectivity index (χ4n) is 2.28. The topological polar surface area (TPSA) is 38.7 Å². The summed E-state index contributed by atoms with van der Waals surface area (Å²) in [6.45, 7) is 0.223. The van der Waals surface area contributed by atoms with Gasteiger partial charge in [-0.1, -0.05) is 23.7 Å². The second-order valence-electron chi connectivity index (χ2n) is 4.92. The second-order valence-corrected chi connectivity index (χ2v) is 5.36. The average Bonchev–Trinajstić information content (AvgIpc) is 2.50. The molecule has 2 atom stereocenters. The molecule has 5 heteroatoms. The zero-order valence-corrected chi connectivity index (χ0v) is 11.9. The van der Waals surface area contributed by atoms with Crippen molar-refractivity contribution in [2.75, 3.05) is 6.61 Å². The van der Waals surface area contributed by atoms with Gasteiger partial charge in [0.25, 0.3) is 0 Å². The third kappa shape index (κ3) is 3.12. The van der Waals surface area contributed by atoms with Crippen LogP contribution in [0, 0.1) is 5.82 Å². The molecular weight excluding hydrogens is 295 g/mol. The summed E-state index contributed by atoms with van der Waals surface area (Å²) in [5.41, 5.74) is 0.359. The monoisotopic (exact) mass is 308 g/mol. The minimum atomic E-state index is -0.883. The molecule has 0 aromatic heterocycles. The van der Waals surface area contributed by atoms with Crippen molar-refractivity contribution in [3.63, 3.8) is 0 Å². The van der Waals surface area contributed by atoms with Gasteiger partial charge in [0, 0.05) is 11.4 Å². The number of aliphatic hydroxyl groups excluding tert-OH is 1. The van der Waals surface area contributed by atoms with Crippen molar-refractivity contribution in [3.05, 3.63) is 58.9 Å². The molecule has 0 saturated carbocycles. The Bertz CT molecular complexity index is 647. The summed E-state index contributed by atoms with van der Waals surface area (Å²) in [5.74, 6) is 0.838. The van der Waals surface area contributed by atoms with E-state index in [-0.39, 0.29) is 13.0 Å². The Morgan fingerprint density at radius 3 is 2.81 bits per heavy atom. The van der Waals surface area contributed by atoms with Crippen molar-refractivity contribution in [3.8, 4) is 11.5 Å². The SMILES string of the molecule is OC(Cc1cc(Cl)ccc1F)C1COc2ccccc2O1. The first-order valence-electron chi connectivity index (χ1n) is 6.64. The summed E-state index contributed by atoms with van der Waals surface area (Å²) in [4.78, 5) is 0. The molecule has 2 aromatic carbocycles. The number of hydrogen-bond acceptors (Lipinski definition) is 3. The van der Waals surface area contributed by atoms with E-state index >= 15 is 0 Å². The van der Waals surface area contributed by atoms with E-state index in [4.69, 9.17) is 21.1 Å². The Kier molecular flexibility index (Phi) is 3.99. The quantitative estimate of drug-likeness (QED) is 0.946. The maximum absolute atomic E-state index is 13.7. The van der Waals surface area contributed by atoms with Crippen molar-refractivity contribution in [2.45, 2.75) is 18.6 Å². The van der Waals surface area contributed by atoms with Crippen molar-refractivity contribution in [1.29, 1.82) is 0 Å². The highest BCUT2D eigenvalue weighted by atomic mass is 35.5. The summed E-state index contributed by atoms with van der Waals surface area (Å²) >= 11 is 5.85. The van der Waals surface area contributed by atoms with E-state index < -0.39 is 18.0 Å². The largest absolute Gasteiger partial charge is 0.486 e. The van der Waals surface area contributed by atoms with Crippen molar-refractivity contribution in [1.82, 2.24) is 0 Å². The second kappa shape index (κ2) is 5.92. The zero-order valence-electron chi connectivity index (χ0n) is 11.1. The molecule has 1 heterocycles. The number of aliphatic hydroxyl groups is 1. The molecule has 0 saturated heterocycles. The van der Waals surface area contributed by atoms with Gasteiger partial charge in [-0.05, 0) is 35.9 Å². The van der Waals surface area contributed by atoms with Crippen LogP contribution >= 0.6 is 11.6 Å². The Morgan fingerprint density at radius 1 is 1.24 bits per heavy atom. The maximum Gasteiger partial charge on any atom is 0.161 e. The van der Waals surface area contributed by atoms with E-state index in [0.717, 1.165) is 0 Å². The third-order valence-electron chi connectivity index (χ3n) is 3.40. The number of fused-ring (bicyclic) bond motifs is 1. The van der Waals surface area contributed by atoms with Crippen molar-refractivity contribution in [2.24, 2.45) is 0 Å². The van der Waals surface area contributed by atoms with E-state index in [9.17, 15) is 9.50 Å². The lowest BCUT2D eigenvalue weighted by Gasteiger charge is -2.29. The average molecular weight is 309 g/mol. The summed E-state index contributed by atoms with van der Waals surface area (Å²) in [7, 11) is 0. The molecular formula is C16H14ClFO3. The van der Waals surface area contributed by atoms with Crippen LogP contribution in [0.2, 0.25) is 5.02 Å². The molecule has 1 aliphatic rings. The number of benzene rings is 2. The molecule has 0 aliphatic carbocycles. The Labute approximate surface area is 126 Å². The number of hydrogen-bond donors (Lipinski definition) is 1.